The molecule has 1 N–H and O–H groups in total. The number of para-hydroxylation sites is 1. The number of carboxylic acid groups (broad SMARTS) is 1. The van der Waals surface area contributed by atoms with E-state index in [0.29, 0.717) is 11.6 Å². The van der Waals surface area contributed by atoms with Crippen molar-refractivity contribution in [3.05, 3.63) is 29.6 Å². The summed E-state index contributed by atoms with van der Waals surface area (Å²) in [5, 5.41) is 10.2. The maximum Gasteiger partial charge on any atom is 0.337 e. The highest BCUT2D eigenvalue weighted by Gasteiger charge is 2.26. The molecule has 0 aliphatic heterocycles. The summed E-state index contributed by atoms with van der Waals surface area (Å²) in [5.74, 6) is 0.0471. The van der Waals surface area contributed by atoms with Crippen molar-refractivity contribution in [2.75, 3.05) is 6.26 Å². The maximum absolute atomic E-state index is 11.5. The van der Waals surface area contributed by atoms with Gasteiger partial charge in [0, 0.05) is 11.3 Å². The van der Waals surface area contributed by atoms with Crippen molar-refractivity contribution in [1.29, 1.82) is 0 Å². The summed E-state index contributed by atoms with van der Waals surface area (Å²) in [4.78, 5) is 16.1. The predicted octanol–water partition coefficient (Wildman–Crippen LogP) is 3.89. The van der Waals surface area contributed by atoms with Crippen LogP contribution in [-0.4, -0.2) is 32.1 Å². The maximum atomic E-state index is 11.5. The van der Waals surface area contributed by atoms with Gasteiger partial charge in [-0.05, 0) is 51.0 Å². The van der Waals surface area contributed by atoms with E-state index in [4.69, 9.17) is 0 Å². The van der Waals surface area contributed by atoms with Crippen molar-refractivity contribution in [2.24, 2.45) is 0 Å². The van der Waals surface area contributed by atoms with Crippen LogP contribution in [0.1, 0.15) is 47.9 Å². The highest BCUT2D eigenvalue weighted by atomic mass is 32.2. The molecule has 1 saturated carbocycles. The van der Waals surface area contributed by atoms with Crippen molar-refractivity contribution < 1.29 is 9.90 Å². The van der Waals surface area contributed by atoms with E-state index in [1.165, 1.54) is 12.8 Å². The zero-order valence-electron chi connectivity index (χ0n) is 12.4. The minimum atomic E-state index is -0.875. The van der Waals surface area contributed by atoms with Gasteiger partial charge in [0.15, 0.2) is 0 Å². The predicted molar refractivity (Wildman–Crippen MR) is 86.2 cm³/mol. The number of benzene rings is 1. The van der Waals surface area contributed by atoms with E-state index in [1.54, 1.807) is 12.1 Å². The Hall–Kier alpha value is -1.49. The molecule has 1 aliphatic rings. The molecule has 112 valence electrons. The molecule has 0 bridgehead atoms. The number of hydrogen-bond acceptors (Lipinski definition) is 3. The molecule has 5 heteroatoms. The molecule has 1 heterocycles. The first kappa shape index (κ1) is 14.4. The van der Waals surface area contributed by atoms with E-state index in [0.717, 1.165) is 34.9 Å². The highest BCUT2D eigenvalue weighted by molar-refractivity contribution is 7.99. The van der Waals surface area contributed by atoms with Gasteiger partial charge in [-0.2, -0.15) is 11.8 Å². The first-order valence-electron chi connectivity index (χ1n) is 7.35. The number of carbonyl (C=O) groups is 1. The van der Waals surface area contributed by atoms with E-state index in [2.05, 4.69) is 15.8 Å². The highest BCUT2D eigenvalue weighted by Crippen LogP contribution is 2.36. The molecule has 2 aromatic rings. The van der Waals surface area contributed by atoms with Gasteiger partial charge in [-0.3, -0.25) is 0 Å². The number of aryl methyl sites for hydroxylation is 1. The molecule has 0 saturated heterocycles. The Kier molecular flexibility index (Phi) is 3.93. The molecule has 21 heavy (non-hydrogen) atoms. The van der Waals surface area contributed by atoms with Gasteiger partial charge in [0.05, 0.1) is 16.6 Å². The van der Waals surface area contributed by atoms with Crippen molar-refractivity contribution >= 4 is 28.8 Å². The number of nitrogens with zero attached hydrogens (tertiary/aromatic N) is 2. The number of fused-ring (bicyclic) bond motifs is 1. The molecule has 3 rings (SSSR count). The molecule has 1 aromatic carbocycles. The molecule has 0 atom stereocenters. The van der Waals surface area contributed by atoms with Crippen LogP contribution in [0, 0.1) is 6.92 Å². The van der Waals surface area contributed by atoms with Gasteiger partial charge in [0.2, 0.25) is 0 Å². The SMILES string of the molecule is CSC1CCC(n2c(C)nc3cccc(C(=O)O)c32)CC1. The van der Waals surface area contributed by atoms with Crippen LogP contribution in [0.4, 0.5) is 0 Å². The molecule has 0 amide bonds. The first-order valence-corrected chi connectivity index (χ1v) is 8.64. The molecule has 0 spiro atoms. The minimum absolute atomic E-state index is 0.361. The normalized spacial score (nSPS) is 22.6. The summed E-state index contributed by atoms with van der Waals surface area (Å²) in [5.41, 5.74) is 1.94. The summed E-state index contributed by atoms with van der Waals surface area (Å²) in [6, 6.07) is 5.72. The largest absolute Gasteiger partial charge is 0.478 e. The van der Waals surface area contributed by atoms with Gasteiger partial charge in [-0.15, -0.1) is 0 Å². The summed E-state index contributed by atoms with van der Waals surface area (Å²) in [6.07, 6.45) is 6.77. The second kappa shape index (κ2) is 5.72. The third kappa shape index (κ3) is 2.55. The van der Waals surface area contributed by atoms with E-state index >= 15 is 0 Å². The van der Waals surface area contributed by atoms with Crippen LogP contribution >= 0.6 is 11.8 Å². The Morgan fingerprint density at radius 1 is 1.33 bits per heavy atom. The molecule has 1 aliphatic carbocycles. The molecule has 4 nitrogen and oxygen atoms in total. The topological polar surface area (TPSA) is 55.1 Å². The van der Waals surface area contributed by atoms with Gasteiger partial charge in [-0.25, -0.2) is 9.78 Å². The fraction of sp³-hybridized carbons (Fsp3) is 0.500. The van der Waals surface area contributed by atoms with Gasteiger partial charge < -0.3 is 9.67 Å². The molecule has 0 radical (unpaired) electrons. The lowest BCUT2D eigenvalue weighted by Gasteiger charge is -2.29. The van der Waals surface area contributed by atoms with Crippen LogP contribution in [0.5, 0.6) is 0 Å². The average Bonchev–Trinajstić information content (AvgIpc) is 2.83. The number of carboxylic acids is 1. The second-order valence-corrected chi connectivity index (χ2v) is 6.81. The Morgan fingerprint density at radius 2 is 2.05 bits per heavy atom. The monoisotopic (exact) mass is 304 g/mol. The first-order chi connectivity index (χ1) is 10.1. The number of aromatic nitrogens is 2. The quantitative estimate of drug-likeness (QED) is 0.934. The zero-order chi connectivity index (χ0) is 15.0. The van der Waals surface area contributed by atoms with Crippen molar-refractivity contribution in [3.63, 3.8) is 0 Å². The zero-order valence-corrected chi connectivity index (χ0v) is 13.2. The Labute approximate surface area is 128 Å². The van der Waals surface area contributed by atoms with Crippen LogP contribution in [0.15, 0.2) is 18.2 Å². The fourth-order valence-electron chi connectivity index (χ4n) is 3.42. The minimum Gasteiger partial charge on any atom is -0.478 e. The van der Waals surface area contributed by atoms with E-state index in [1.807, 2.05) is 24.8 Å². The van der Waals surface area contributed by atoms with Crippen molar-refractivity contribution in [3.8, 4) is 0 Å². The molecular weight excluding hydrogens is 284 g/mol. The molecule has 0 unspecified atom stereocenters. The summed E-state index contributed by atoms with van der Waals surface area (Å²) >= 11 is 1.94. The Morgan fingerprint density at radius 3 is 2.67 bits per heavy atom. The number of aromatic carboxylic acids is 1. The van der Waals surface area contributed by atoms with Crippen LogP contribution in [0.3, 0.4) is 0 Å². The standard InChI is InChI=1S/C16H20N2O2S/c1-10-17-14-5-3-4-13(16(19)20)15(14)18(10)11-6-8-12(21-2)9-7-11/h3-5,11-12H,6-9H2,1-2H3,(H,19,20). The molecule has 1 aromatic heterocycles. The summed E-state index contributed by atoms with van der Waals surface area (Å²) in [6.45, 7) is 1.98. The van der Waals surface area contributed by atoms with Gasteiger partial charge in [0.1, 0.15) is 5.82 Å². The smallest absolute Gasteiger partial charge is 0.337 e. The van der Waals surface area contributed by atoms with Crippen molar-refractivity contribution in [2.45, 2.75) is 43.9 Å². The molecule has 1 fully saturated rings. The number of rotatable bonds is 3. The fourth-order valence-corrected chi connectivity index (χ4v) is 4.17. The number of thioether (sulfide) groups is 1. The summed E-state index contributed by atoms with van der Waals surface area (Å²) in [7, 11) is 0. The van der Waals surface area contributed by atoms with Gasteiger partial charge in [-0.1, -0.05) is 6.07 Å². The van der Waals surface area contributed by atoms with E-state index < -0.39 is 5.97 Å². The lowest BCUT2D eigenvalue weighted by molar-refractivity contribution is 0.0698. The lowest BCUT2D eigenvalue weighted by Crippen LogP contribution is -2.20. The second-order valence-electron chi connectivity index (χ2n) is 5.67. The lowest BCUT2D eigenvalue weighted by atomic mass is 9.94. The van der Waals surface area contributed by atoms with E-state index in [-0.39, 0.29) is 0 Å². The Balaban J connectivity index is 2.06. The average molecular weight is 304 g/mol. The van der Waals surface area contributed by atoms with Crippen LogP contribution < -0.4 is 0 Å². The Bertz CT molecular complexity index is 672. The number of hydrogen-bond donors (Lipinski definition) is 1. The van der Waals surface area contributed by atoms with Crippen LogP contribution in [0.25, 0.3) is 11.0 Å². The molecular formula is C16H20N2O2S. The van der Waals surface area contributed by atoms with E-state index in [9.17, 15) is 9.90 Å². The third-order valence-electron chi connectivity index (χ3n) is 4.46. The van der Waals surface area contributed by atoms with Crippen LogP contribution in [0.2, 0.25) is 0 Å². The van der Waals surface area contributed by atoms with Gasteiger partial charge >= 0.3 is 5.97 Å². The third-order valence-corrected chi connectivity index (χ3v) is 5.60. The summed E-state index contributed by atoms with van der Waals surface area (Å²) < 4.78 is 2.16. The van der Waals surface area contributed by atoms with Crippen LogP contribution in [-0.2, 0) is 0 Å². The van der Waals surface area contributed by atoms with Crippen molar-refractivity contribution in [1.82, 2.24) is 9.55 Å². The number of imidazole rings is 1. The van der Waals surface area contributed by atoms with Gasteiger partial charge in [0.25, 0.3) is 0 Å².